The van der Waals surface area contributed by atoms with E-state index in [4.69, 9.17) is 9.84 Å². The van der Waals surface area contributed by atoms with Crippen LogP contribution < -0.4 is 10.1 Å². The Kier molecular flexibility index (Phi) is 6.72. The molecule has 0 aromatic heterocycles. The lowest BCUT2D eigenvalue weighted by Crippen LogP contribution is -2.32. The number of amides is 1. The van der Waals surface area contributed by atoms with Gasteiger partial charge in [0, 0.05) is 11.6 Å². The number of rotatable bonds is 8. The van der Waals surface area contributed by atoms with Gasteiger partial charge in [-0.1, -0.05) is 13.3 Å². The zero-order valence-electron chi connectivity index (χ0n) is 12.8. The summed E-state index contributed by atoms with van der Waals surface area (Å²) < 4.78 is 5.05. The summed E-state index contributed by atoms with van der Waals surface area (Å²) in [7, 11) is 1.58. The first kappa shape index (κ1) is 17.0. The van der Waals surface area contributed by atoms with Gasteiger partial charge in [0.1, 0.15) is 5.75 Å². The van der Waals surface area contributed by atoms with Gasteiger partial charge in [0.2, 0.25) is 0 Å². The maximum absolute atomic E-state index is 12.0. The van der Waals surface area contributed by atoms with Crippen molar-refractivity contribution in [1.29, 1.82) is 0 Å². The molecule has 0 fully saturated rings. The van der Waals surface area contributed by atoms with Gasteiger partial charge in [-0.25, -0.2) is 0 Å². The molecule has 0 aliphatic rings. The molecule has 5 nitrogen and oxygen atoms in total. The second-order valence-electron chi connectivity index (χ2n) is 5.27. The Morgan fingerprint density at radius 1 is 1.19 bits per heavy atom. The molecular weight excluding hydrogens is 270 g/mol. The Hall–Kier alpha value is -2.04. The molecule has 1 aromatic rings. The van der Waals surface area contributed by atoms with Crippen LogP contribution in [0.25, 0.3) is 0 Å². The van der Waals surface area contributed by atoms with Crippen LogP contribution in [0.4, 0.5) is 0 Å². The van der Waals surface area contributed by atoms with Crippen molar-refractivity contribution < 1.29 is 19.4 Å². The van der Waals surface area contributed by atoms with Gasteiger partial charge in [-0.3, -0.25) is 9.59 Å². The molecule has 1 aromatic carbocycles. The number of benzene rings is 1. The average Bonchev–Trinajstić information content (AvgIpc) is 2.46. The van der Waals surface area contributed by atoms with E-state index >= 15 is 0 Å². The summed E-state index contributed by atoms with van der Waals surface area (Å²) in [5.74, 6) is -0.530. The molecule has 0 heterocycles. The smallest absolute Gasteiger partial charge is 0.306 e. The van der Waals surface area contributed by atoms with E-state index in [0.717, 1.165) is 12.8 Å². The molecule has 0 radical (unpaired) electrons. The lowest BCUT2D eigenvalue weighted by Gasteiger charge is -2.14. The summed E-state index contributed by atoms with van der Waals surface area (Å²) >= 11 is 0. The van der Waals surface area contributed by atoms with Crippen LogP contribution in [0.2, 0.25) is 0 Å². The van der Waals surface area contributed by atoms with Crippen LogP contribution in [-0.2, 0) is 4.79 Å². The predicted octanol–water partition coefficient (Wildman–Crippen LogP) is 2.70. The highest BCUT2D eigenvalue weighted by molar-refractivity contribution is 5.94. The fraction of sp³-hybridized carbons (Fsp3) is 0.500. The number of hydrogen-bond acceptors (Lipinski definition) is 3. The molecule has 0 spiro atoms. The molecule has 21 heavy (non-hydrogen) atoms. The van der Waals surface area contributed by atoms with Crippen LogP contribution in [-0.4, -0.2) is 30.1 Å². The first-order valence-corrected chi connectivity index (χ1v) is 7.11. The standard InChI is InChI=1S/C16H23NO4/c1-11(16(19)20)5-4-6-12(2)17-15(18)13-7-9-14(21-3)10-8-13/h7-12H,4-6H2,1-3H3,(H,17,18)(H,19,20). The number of aliphatic carboxylic acids is 1. The Labute approximate surface area is 125 Å². The fourth-order valence-electron chi connectivity index (χ4n) is 1.98. The largest absolute Gasteiger partial charge is 0.497 e. The molecule has 1 amide bonds. The Balaban J connectivity index is 2.37. The molecule has 0 saturated carbocycles. The first-order valence-electron chi connectivity index (χ1n) is 7.11. The van der Waals surface area contributed by atoms with Crippen molar-refractivity contribution in [3.8, 4) is 5.75 Å². The number of methoxy groups -OCH3 is 1. The second kappa shape index (κ2) is 8.29. The number of carboxylic acids is 1. The molecule has 116 valence electrons. The van der Waals surface area contributed by atoms with E-state index in [2.05, 4.69) is 5.32 Å². The summed E-state index contributed by atoms with van der Waals surface area (Å²) in [6.07, 6.45) is 2.16. The molecule has 2 unspecified atom stereocenters. The second-order valence-corrected chi connectivity index (χ2v) is 5.27. The SMILES string of the molecule is COc1ccc(C(=O)NC(C)CCCC(C)C(=O)O)cc1. The van der Waals surface area contributed by atoms with Crippen LogP contribution in [0.1, 0.15) is 43.5 Å². The maximum Gasteiger partial charge on any atom is 0.306 e. The van der Waals surface area contributed by atoms with Gasteiger partial charge in [-0.05, 0) is 44.0 Å². The minimum Gasteiger partial charge on any atom is -0.497 e. The normalized spacial score (nSPS) is 13.3. The third-order valence-electron chi connectivity index (χ3n) is 3.43. The Bertz CT molecular complexity index is 470. The van der Waals surface area contributed by atoms with Crippen LogP contribution in [0, 0.1) is 5.92 Å². The molecule has 2 atom stereocenters. The van der Waals surface area contributed by atoms with Crippen molar-refractivity contribution in [3.05, 3.63) is 29.8 Å². The molecule has 0 aliphatic heterocycles. The van der Waals surface area contributed by atoms with Crippen molar-refractivity contribution in [1.82, 2.24) is 5.32 Å². The minimum absolute atomic E-state index is 0.0144. The summed E-state index contributed by atoms with van der Waals surface area (Å²) in [5.41, 5.74) is 0.585. The van der Waals surface area contributed by atoms with Crippen molar-refractivity contribution in [3.63, 3.8) is 0 Å². The first-order chi connectivity index (χ1) is 9.93. The highest BCUT2D eigenvalue weighted by atomic mass is 16.5. The van der Waals surface area contributed by atoms with E-state index in [1.807, 2.05) is 6.92 Å². The van der Waals surface area contributed by atoms with Gasteiger partial charge in [-0.15, -0.1) is 0 Å². The highest BCUT2D eigenvalue weighted by Crippen LogP contribution is 2.12. The summed E-state index contributed by atoms with van der Waals surface area (Å²) in [6.45, 7) is 3.62. The van der Waals surface area contributed by atoms with E-state index in [1.165, 1.54) is 0 Å². The number of ether oxygens (including phenoxy) is 1. The van der Waals surface area contributed by atoms with E-state index in [-0.39, 0.29) is 17.9 Å². The number of carbonyl (C=O) groups is 2. The molecule has 1 rings (SSSR count). The molecule has 0 saturated heterocycles. The molecular formula is C16H23NO4. The van der Waals surface area contributed by atoms with E-state index in [1.54, 1.807) is 38.3 Å². The zero-order chi connectivity index (χ0) is 15.8. The topological polar surface area (TPSA) is 75.6 Å². The Morgan fingerprint density at radius 2 is 1.81 bits per heavy atom. The van der Waals surface area contributed by atoms with Gasteiger partial charge >= 0.3 is 5.97 Å². The minimum atomic E-state index is -0.773. The number of carboxylic acid groups (broad SMARTS) is 1. The quantitative estimate of drug-likeness (QED) is 0.772. The van der Waals surface area contributed by atoms with Crippen molar-refractivity contribution >= 4 is 11.9 Å². The predicted molar refractivity (Wildman–Crippen MR) is 80.6 cm³/mol. The van der Waals surface area contributed by atoms with Crippen molar-refractivity contribution in [2.75, 3.05) is 7.11 Å². The van der Waals surface area contributed by atoms with E-state index in [9.17, 15) is 9.59 Å². The summed E-state index contributed by atoms with van der Waals surface area (Å²) in [5, 5.41) is 11.7. The third-order valence-corrected chi connectivity index (χ3v) is 3.43. The van der Waals surface area contributed by atoms with Crippen LogP contribution >= 0.6 is 0 Å². The van der Waals surface area contributed by atoms with Crippen molar-refractivity contribution in [2.45, 2.75) is 39.2 Å². The molecule has 5 heteroatoms. The molecule has 0 aliphatic carbocycles. The monoisotopic (exact) mass is 293 g/mol. The number of hydrogen-bond donors (Lipinski definition) is 2. The third kappa shape index (κ3) is 5.85. The fourth-order valence-corrected chi connectivity index (χ4v) is 1.98. The van der Waals surface area contributed by atoms with Crippen LogP contribution in [0.3, 0.4) is 0 Å². The van der Waals surface area contributed by atoms with Gasteiger partial charge in [0.05, 0.1) is 13.0 Å². The van der Waals surface area contributed by atoms with Crippen LogP contribution in [0.5, 0.6) is 5.75 Å². The number of nitrogens with one attached hydrogen (secondary N) is 1. The Morgan fingerprint density at radius 3 is 2.33 bits per heavy atom. The zero-order valence-corrected chi connectivity index (χ0v) is 12.8. The van der Waals surface area contributed by atoms with Crippen LogP contribution in [0.15, 0.2) is 24.3 Å². The molecule has 2 N–H and O–H groups in total. The van der Waals surface area contributed by atoms with Gasteiger partial charge in [-0.2, -0.15) is 0 Å². The average molecular weight is 293 g/mol. The maximum atomic E-state index is 12.0. The lowest BCUT2D eigenvalue weighted by molar-refractivity contribution is -0.141. The van der Waals surface area contributed by atoms with Gasteiger partial charge in [0.25, 0.3) is 5.91 Å². The summed E-state index contributed by atoms with van der Waals surface area (Å²) in [6, 6.07) is 6.93. The van der Waals surface area contributed by atoms with Gasteiger partial charge in [0.15, 0.2) is 0 Å². The lowest BCUT2D eigenvalue weighted by atomic mass is 10.0. The molecule has 0 bridgehead atoms. The highest BCUT2D eigenvalue weighted by Gasteiger charge is 2.13. The number of carbonyl (C=O) groups excluding carboxylic acids is 1. The van der Waals surface area contributed by atoms with E-state index < -0.39 is 5.97 Å². The van der Waals surface area contributed by atoms with Crippen molar-refractivity contribution in [2.24, 2.45) is 5.92 Å². The van der Waals surface area contributed by atoms with E-state index in [0.29, 0.717) is 17.7 Å². The summed E-state index contributed by atoms with van der Waals surface area (Å²) in [4.78, 5) is 22.7. The van der Waals surface area contributed by atoms with Gasteiger partial charge < -0.3 is 15.2 Å².